The van der Waals surface area contributed by atoms with Crippen LogP contribution in [0.2, 0.25) is 0 Å². The molecule has 0 aliphatic carbocycles. The van der Waals surface area contributed by atoms with Crippen LogP contribution in [0.4, 0.5) is 13.2 Å². The number of aryl methyl sites for hydroxylation is 1. The number of carbonyl (C=O) groups excluding carboxylic acids is 1. The fourth-order valence-corrected chi connectivity index (χ4v) is 1.57. The van der Waals surface area contributed by atoms with Gasteiger partial charge in [-0.25, -0.2) is 0 Å². The lowest BCUT2D eigenvalue weighted by Crippen LogP contribution is -2.20. The molecule has 0 atom stereocenters. The maximum absolute atomic E-state index is 12.2. The van der Waals surface area contributed by atoms with E-state index < -0.39 is 18.1 Å². The van der Waals surface area contributed by atoms with Gasteiger partial charge in [0.2, 0.25) is 0 Å². The average Bonchev–Trinajstić information content (AvgIpc) is 2.23. The quantitative estimate of drug-likeness (QED) is 0.602. The Bertz CT molecular complexity index is 462. The number of rotatable bonds is 3. The first-order valence-electron chi connectivity index (χ1n) is 4.71. The second-order valence-corrected chi connectivity index (χ2v) is 4.46. The molecule has 1 aromatic heterocycles. The zero-order valence-electron chi connectivity index (χ0n) is 9.47. The summed E-state index contributed by atoms with van der Waals surface area (Å²) in [6.07, 6.45) is -5.20. The van der Waals surface area contributed by atoms with Crippen molar-refractivity contribution in [3.63, 3.8) is 0 Å². The van der Waals surface area contributed by atoms with Gasteiger partial charge in [0.15, 0.2) is 5.75 Å². The number of methoxy groups -OCH3 is 1. The highest BCUT2D eigenvalue weighted by Crippen LogP contribution is 2.28. The highest BCUT2D eigenvalue weighted by molar-refractivity contribution is 14.1. The van der Waals surface area contributed by atoms with E-state index in [-0.39, 0.29) is 12.1 Å². The first-order valence-corrected chi connectivity index (χ1v) is 5.79. The van der Waals surface area contributed by atoms with Crippen LogP contribution < -0.4 is 4.74 Å². The molecule has 0 N–H and O–H groups in total. The molecule has 0 radical (unpaired) electrons. The van der Waals surface area contributed by atoms with Crippen molar-refractivity contribution in [2.45, 2.75) is 19.7 Å². The molecule has 0 aliphatic rings. The highest BCUT2D eigenvalue weighted by Gasteiger charge is 2.33. The van der Waals surface area contributed by atoms with Crippen molar-refractivity contribution < 1.29 is 27.4 Å². The number of nitrogens with zero attached hydrogens (tertiary/aromatic N) is 1. The number of hydrogen-bond acceptors (Lipinski definition) is 4. The summed E-state index contributed by atoms with van der Waals surface area (Å²) in [6, 6.07) is 1.19. The minimum atomic E-state index is -4.83. The first kappa shape index (κ1) is 15.0. The second kappa shape index (κ2) is 5.72. The summed E-state index contributed by atoms with van der Waals surface area (Å²) in [5.41, 5.74) is 0.418. The SMILES string of the molecule is COC(=O)Cc1nc(C)c(I)cc1OC(F)(F)F. The van der Waals surface area contributed by atoms with Crippen LogP contribution >= 0.6 is 22.6 Å². The Morgan fingerprint density at radius 2 is 2.11 bits per heavy atom. The van der Waals surface area contributed by atoms with Crippen LogP contribution in [0.1, 0.15) is 11.4 Å². The molecule has 4 nitrogen and oxygen atoms in total. The van der Waals surface area contributed by atoms with Gasteiger partial charge in [0.25, 0.3) is 0 Å². The first-order chi connectivity index (χ1) is 8.23. The van der Waals surface area contributed by atoms with Gasteiger partial charge in [0, 0.05) is 3.57 Å². The second-order valence-electron chi connectivity index (χ2n) is 3.30. The van der Waals surface area contributed by atoms with Crippen molar-refractivity contribution >= 4 is 28.6 Å². The maximum Gasteiger partial charge on any atom is 0.573 e. The summed E-state index contributed by atoms with van der Waals surface area (Å²) in [7, 11) is 1.15. The van der Waals surface area contributed by atoms with Crippen LogP contribution in [-0.2, 0) is 16.0 Å². The van der Waals surface area contributed by atoms with E-state index in [4.69, 9.17) is 0 Å². The molecule has 1 heterocycles. The van der Waals surface area contributed by atoms with Crippen LogP contribution in [0.3, 0.4) is 0 Å². The van der Waals surface area contributed by atoms with E-state index in [1.165, 1.54) is 6.07 Å². The van der Waals surface area contributed by atoms with Crippen molar-refractivity contribution in [1.82, 2.24) is 4.98 Å². The van der Waals surface area contributed by atoms with Crippen molar-refractivity contribution in [2.24, 2.45) is 0 Å². The highest BCUT2D eigenvalue weighted by atomic mass is 127. The summed E-state index contributed by atoms with van der Waals surface area (Å²) >= 11 is 1.84. The van der Waals surface area contributed by atoms with Gasteiger partial charge in [0.05, 0.1) is 24.9 Å². The van der Waals surface area contributed by atoms with Gasteiger partial charge in [-0.3, -0.25) is 9.78 Å². The number of esters is 1. The van der Waals surface area contributed by atoms with Crippen LogP contribution in [-0.4, -0.2) is 24.4 Å². The molecule has 0 aliphatic heterocycles. The number of carbonyl (C=O) groups is 1. The van der Waals surface area contributed by atoms with Crippen LogP contribution in [0, 0.1) is 10.5 Å². The van der Waals surface area contributed by atoms with E-state index >= 15 is 0 Å². The molecular formula is C10H9F3INO3. The molecule has 1 rings (SSSR count). The molecule has 0 spiro atoms. The third-order valence-electron chi connectivity index (χ3n) is 1.96. The van der Waals surface area contributed by atoms with Crippen LogP contribution in [0.25, 0.3) is 0 Å². The summed E-state index contributed by atoms with van der Waals surface area (Å²) < 4.78 is 45.4. The number of alkyl halides is 3. The van der Waals surface area contributed by atoms with E-state index in [0.29, 0.717) is 9.26 Å². The minimum Gasteiger partial charge on any atom is -0.469 e. The number of ether oxygens (including phenoxy) is 2. The van der Waals surface area contributed by atoms with Crippen LogP contribution in [0.5, 0.6) is 5.75 Å². The summed E-state index contributed by atoms with van der Waals surface area (Å²) in [5.74, 6) is -1.17. The van der Waals surface area contributed by atoms with Gasteiger partial charge < -0.3 is 9.47 Å². The number of hydrogen-bond donors (Lipinski definition) is 0. The van der Waals surface area contributed by atoms with Crippen LogP contribution in [0.15, 0.2) is 6.07 Å². The Morgan fingerprint density at radius 3 is 2.61 bits per heavy atom. The van der Waals surface area contributed by atoms with Gasteiger partial charge in [-0.1, -0.05) is 0 Å². The third-order valence-corrected chi connectivity index (χ3v) is 3.05. The lowest BCUT2D eigenvalue weighted by molar-refractivity contribution is -0.275. The molecule has 0 bridgehead atoms. The predicted octanol–water partition coefficient (Wildman–Crippen LogP) is 2.61. The molecule has 0 saturated heterocycles. The lowest BCUT2D eigenvalue weighted by Gasteiger charge is -2.13. The molecule has 1 aromatic rings. The fraction of sp³-hybridized carbons (Fsp3) is 0.400. The van der Waals surface area contributed by atoms with Crippen molar-refractivity contribution in [3.05, 3.63) is 21.0 Å². The Kier molecular flexibility index (Phi) is 4.77. The standard InChI is InChI=1S/C10H9F3INO3/c1-5-6(14)3-8(18-10(11,12)13)7(15-5)4-9(16)17-2/h3H,4H2,1-2H3. The fourth-order valence-electron chi connectivity index (χ4n) is 1.16. The Labute approximate surface area is 115 Å². The Balaban J connectivity index is 3.12. The summed E-state index contributed by atoms with van der Waals surface area (Å²) in [4.78, 5) is 15.0. The monoisotopic (exact) mass is 375 g/mol. The lowest BCUT2D eigenvalue weighted by atomic mass is 10.2. The Morgan fingerprint density at radius 1 is 1.50 bits per heavy atom. The van der Waals surface area contributed by atoms with Crippen molar-refractivity contribution in [1.29, 1.82) is 0 Å². The molecule has 0 unspecified atom stereocenters. The topological polar surface area (TPSA) is 48.4 Å². The van der Waals surface area contributed by atoms with Crippen molar-refractivity contribution in [3.8, 4) is 5.75 Å². The number of pyridine rings is 1. The molecule has 0 fully saturated rings. The van der Waals surface area contributed by atoms with E-state index in [1.54, 1.807) is 6.92 Å². The van der Waals surface area contributed by atoms with Gasteiger partial charge in [-0.2, -0.15) is 0 Å². The van der Waals surface area contributed by atoms with Gasteiger partial charge in [-0.05, 0) is 35.6 Å². The molecule has 0 aromatic carbocycles. The van der Waals surface area contributed by atoms with Gasteiger partial charge in [-0.15, -0.1) is 13.2 Å². The van der Waals surface area contributed by atoms with Gasteiger partial charge in [0.1, 0.15) is 0 Å². The van der Waals surface area contributed by atoms with E-state index in [9.17, 15) is 18.0 Å². The largest absolute Gasteiger partial charge is 0.573 e. The zero-order chi connectivity index (χ0) is 13.9. The molecule has 8 heteroatoms. The van der Waals surface area contributed by atoms with E-state index in [2.05, 4.69) is 14.5 Å². The third kappa shape index (κ3) is 4.31. The van der Waals surface area contributed by atoms with Crippen molar-refractivity contribution in [2.75, 3.05) is 7.11 Å². The number of halogens is 4. The Hall–Kier alpha value is -1.06. The average molecular weight is 375 g/mol. The smallest absolute Gasteiger partial charge is 0.469 e. The zero-order valence-corrected chi connectivity index (χ0v) is 11.6. The number of aromatic nitrogens is 1. The normalized spacial score (nSPS) is 11.2. The molecular weight excluding hydrogens is 366 g/mol. The summed E-state index contributed by atoms with van der Waals surface area (Å²) in [6.45, 7) is 1.62. The van der Waals surface area contributed by atoms with Gasteiger partial charge >= 0.3 is 12.3 Å². The maximum atomic E-state index is 12.2. The molecule has 0 saturated carbocycles. The molecule has 18 heavy (non-hydrogen) atoms. The van der Waals surface area contributed by atoms with E-state index in [0.717, 1.165) is 7.11 Å². The summed E-state index contributed by atoms with van der Waals surface area (Å²) in [5, 5.41) is 0. The molecule has 0 amide bonds. The molecule has 100 valence electrons. The predicted molar refractivity (Wildman–Crippen MR) is 64.1 cm³/mol. The van der Waals surface area contributed by atoms with E-state index in [1.807, 2.05) is 22.6 Å². The minimum absolute atomic E-state index is 0.0999.